The van der Waals surface area contributed by atoms with Crippen LogP contribution in [-0.4, -0.2) is 43.0 Å². The van der Waals surface area contributed by atoms with Gasteiger partial charge >= 0.3 is 0 Å². The average molecular weight is 271 g/mol. The molecule has 0 aromatic heterocycles. The number of hydrogen-bond donors (Lipinski definition) is 2. The molecule has 0 unspecified atom stereocenters. The van der Waals surface area contributed by atoms with Crippen LogP contribution in [0.25, 0.3) is 0 Å². The van der Waals surface area contributed by atoms with E-state index in [1.165, 1.54) is 13.0 Å². The number of rotatable bonds is 6. The number of phenols is 1. The van der Waals surface area contributed by atoms with Crippen LogP contribution in [-0.2, 0) is 6.54 Å². The summed E-state index contributed by atoms with van der Waals surface area (Å²) in [6.45, 7) is 3.67. The van der Waals surface area contributed by atoms with Crippen molar-refractivity contribution >= 4 is 17.4 Å². The maximum Gasteiger partial charge on any atom is 0.163 e. The number of halogens is 1. The third-order valence-electron chi connectivity index (χ3n) is 2.72. The molecular weight excluding hydrogens is 252 g/mol. The normalized spacial score (nSPS) is 10.9. The van der Waals surface area contributed by atoms with Gasteiger partial charge in [0.2, 0.25) is 0 Å². The molecular formula is C13H19ClN2O2. The number of hydrogen-bond acceptors (Lipinski definition) is 4. The van der Waals surface area contributed by atoms with Gasteiger partial charge in [-0.25, -0.2) is 0 Å². The largest absolute Gasteiger partial charge is 0.507 e. The minimum Gasteiger partial charge on any atom is -0.507 e. The van der Waals surface area contributed by atoms with E-state index in [1.54, 1.807) is 6.07 Å². The molecule has 0 bridgehead atoms. The zero-order chi connectivity index (χ0) is 13.7. The molecule has 1 aromatic carbocycles. The first kappa shape index (κ1) is 15.0. The van der Waals surface area contributed by atoms with Crippen molar-refractivity contribution in [3.8, 4) is 5.75 Å². The van der Waals surface area contributed by atoms with Gasteiger partial charge in [-0.15, -0.1) is 0 Å². The van der Waals surface area contributed by atoms with E-state index in [-0.39, 0.29) is 17.1 Å². The molecule has 4 nitrogen and oxygen atoms in total. The minimum absolute atomic E-state index is 0.0307. The maximum atomic E-state index is 11.4. The first-order valence-electron chi connectivity index (χ1n) is 5.81. The highest BCUT2D eigenvalue weighted by molar-refractivity contribution is 6.31. The highest BCUT2D eigenvalue weighted by Gasteiger charge is 2.14. The summed E-state index contributed by atoms with van der Waals surface area (Å²) < 4.78 is 0. The summed E-state index contributed by atoms with van der Waals surface area (Å²) in [5.41, 5.74) is 0.950. The first-order chi connectivity index (χ1) is 8.45. The van der Waals surface area contributed by atoms with Gasteiger partial charge in [0.25, 0.3) is 0 Å². The fourth-order valence-corrected chi connectivity index (χ4v) is 1.96. The Morgan fingerprint density at radius 3 is 2.72 bits per heavy atom. The summed E-state index contributed by atoms with van der Waals surface area (Å²) >= 11 is 5.96. The Bertz CT molecular complexity index is 435. The van der Waals surface area contributed by atoms with Gasteiger partial charge in [-0.3, -0.25) is 4.79 Å². The van der Waals surface area contributed by atoms with Crippen molar-refractivity contribution in [3.05, 3.63) is 28.3 Å². The number of phenolic OH excluding ortho intramolecular Hbond substituents is 1. The Labute approximate surface area is 113 Å². The molecule has 0 heterocycles. The second-order valence-electron chi connectivity index (χ2n) is 4.36. The molecule has 0 fully saturated rings. The van der Waals surface area contributed by atoms with Gasteiger partial charge in [-0.2, -0.15) is 0 Å². The fourth-order valence-electron chi connectivity index (χ4n) is 1.72. The lowest BCUT2D eigenvalue weighted by Gasteiger charge is -2.18. The fraction of sp³-hybridized carbons (Fsp3) is 0.462. The van der Waals surface area contributed by atoms with Crippen LogP contribution in [0.1, 0.15) is 22.8 Å². The molecule has 0 saturated heterocycles. The van der Waals surface area contributed by atoms with Crippen molar-refractivity contribution < 1.29 is 9.90 Å². The topological polar surface area (TPSA) is 52.6 Å². The standard InChI is InChI=1S/C13H19ClN2O2/c1-9(17)12-7-11(14)6-10(13(12)18)8-16(3)5-4-15-2/h6-7,15,18H,4-5,8H2,1-3H3. The summed E-state index contributed by atoms with van der Waals surface area (Å²) in [5.74, 6) is -0.155. The van der Waals surface area contributed by atoms with Crippen molar-refractivity contribution in [2.75, 3.05) is 27.2 Å². The Kier molecular flexibility index (Phi) is 5.59. The number of benzene rings is 1. The number of likely N-dealkylation sites (N-methyl/N-ethyl adjacent to an activating group) is 2. The minimum atomic E-state index is -0.186. The van der Waals surface area contributed by atoms with E-state index in [2.05, 4.69) is 5.32 Å². The van der Waals surface area contributed by atoms with Crippen LogP contribution in [0.3, 0.4) is 0 Å². The van der Waals surface area contributed by atoms with Gasteiger partial charge < -0.3 is 15.3 Å². The van der Waals surface area contributed by atoms with Crippen LogP contribution in [0.2, 0.25) is 5.02 Å². The predicted molar refractivity (Wildman–Crippen MR) is 73.4 cm³/mol. The van der Waals surface area contributed by atoms with Gasteiger partial charge in [0.05, 0.1) is 5.56 Å². The SMILES string of the molecule is CNCCN(C)Cc1cc(Cl)cc(C(C)=O)c1O. The van der Waals surface area contributed by atoms with Crippen LogP contribution in [0.4, 0.5) is 0 Å². The monoisotopic (exact) mass is 270 g/mol. The van der Waals surface area contributed by atoms with E-state index in [4.69, 9.17) is 11.6 Å². The Morgan fingerprint density at radius 1 is 1.50 bits per heavy atom. The molecule has 18 heavy (non-hydrogen) atoms. The van der Waals surface area contributed by atoms with E-state index < -0.39 is 0 Å². The summed E-state index contributed by atoms with van der Waals surface area (Å²) in [4.78, 5) is 13.4. The van der Waals surface area contributed by atoms with Crippen molar-refractivity contribution in [1.82, 2.24) is 10.2 Å². The Balaban J connectivity index is 2.91. The number of nitrogens with zero attached hydrogens (tertiary/aromatic N) is 1. The van der Waals surface area contributed by atoms with Crippen LogP contribution >= 0.6 is 11.6 Å². The lowest BCUT2D eigenvalue weighted by Crippen LogP contribution is -2.27. The molecule has 0 amide bonds. The molecule has 0 saturated carbocycles. The second kappa shape index (κ2) is 6.73. The molecule has 0 aliphatic carbocycles. The van der Waals surface area contributed by atoms with Crippen LogP contribution < -0.4 is 5.32 Å². The number of aromatic hydroxyl groups is 1. The maximum absolute atomic E-state index is 11.4. The molecule has 0 aliphatic rings. The van der Waals surface area contributed by atoms with Crippen molar-refractivity contribution in [3.63, 3.8) is 0 Å². The van der Waals surface area contributed by atoms with Crippen molar-refractivity contribution in [2.45, 2.75) is 13.5 Å². The van der Waals surface area contributed by atoms with E-state index in [1.807, 2.05) is 19.0 Å². The van der Waals surface area contributed by atoms with Gasteiger partial charge in [0.1, 0.15) is 5.75 Å². The smallest absolute Gasteiger partial charge is 0.163 e. The number of ketones is 1. The highest BCUT2D eigenvalue weighted by Crippen LogP contribution is 2.28. The molecule has 0 aliphatic heterocycles. The molecule has 5 heteroatoms. The summed E-state index contributed by atoms with van der Waals surface area (Å²) in [6, 6.07) is 3.19. The van der Waals surface area contributed by atoms with E-state index >= 15 is 0 Å². The predicted octanol–water partition coefficient (Wildman–Crippen LogP) is 1.90. The van der Waals surface area contributed by atoms with E-state index in [0.717, 1.165) is 13.1 Å². The van der Waals surface area contributed by atoms with Crippen LogP contribution in [0.15, 0.2) is 12.1 Å². The van der Waals surface area contributed by atoms with Crippen LogP contribution in [0.5, 0.6) is 5.75 Å². The number of nitrogens with one attached hydrogen (secondary N) is 1. The molecule has 0 radical (unpaired) electrons. The third-order valence-corrected chi connectivity index (χ3v) is 2.93. The molecule has 0 spiro atoms. The molecule has 1 rings (SSSR count). The highest BCUT2D eigenvalue weighted by atomic mass is 35.5. The van der Waals surface area contributed by atoms with Crippen molar-refractivity contribution in [1.29, 1.82) is 0 Å². The summed E-state index contributed by atoms with van der Waals surface area (Å²) in [5, 5.41) is 13.6. The zero-order valence-electron chi connectivity index (χ0n) is 11.0. The Morgan fingerprint density at radius 2 is 2.17 bits per heavy atom. The van der Waals surface area contributed by atoms with Gasteiger partial charge in [0.15, 0.2) is 5.78 Å². The van der Waals surface area contributed by atoms with Crippen molar-refractivity contribution in [2.24, 2.45) is 0 Å². The number of Topliss-reactive ketones (excluding diaryl/α,β-unsaturated/α-hetero) is 1. The summed E-state index contributed by atoms with van der Waals surface area (Å²) in [7, 11) is 3.84. The lowest BCUT2D eigenvalue weighted by molar-refractivity contribution is 0.101. The quantitative estimate of drug-likeness (QED) is 0.776. The van der Waals surface area contributed by atoms with Gasteiger partial charge in [-0.05, 0) is 33.2 Å². The molecule has 2 N–H and O–H groups in total. The van der Waals surface area contributed by atoms with E-state index in [9.17, 15) is 9.90 Å². The lowest BCUT2D eigenvalue weighted by atomic mass is 10.1. The average Bonchev–Trinajstić information content (AvgIpc) is 2.30. The number of carbonyl (C=O) groups excluding carboxylic acids is 1. The Hall–Kier alpha value is -1.10. The van der Waals surface area contributed by atoms with Crippen LogP contribution in [0, 0.1) is 0 Å². The first-order valence-corrected chi connectivity index (χ1v) is 6.19. The second-order valence-corrected chi connectivity index (χ2v) is 4.80. The van der Waals surface area contributed by atoms with Gasteiger partial charge in [0, 0.05) is 30.2 Å². The van der Waals surface area contributed by atoms with Gasteiger partial charge in [-0.1, -0.05) is 11.6 Å². The molecule has 100 valence electrons. The van der Waals surface area contributed by atoms with E-state index in [0.29, 0.717) is 17.1 Å². The summed E-state index contributed by atoms with van der Waals surface area (Å²) in [6.07, 6.45) is 0. The molecule has 1 aromatic rings. The zero-order valence-corrected chi connectivity index (χ0v) is 11.7. The third kappa shape index (κ3) is 3.98. The number of carbonyl (C=O) groups is 1. The molecule has 0 atom stereocenters.